The Morgan fingerprint density at radius 2 is 2.05 bits per heavy atom. The van der Waals surface area contributed by atoms with Crippen LogP contribution in [0.25, 0.3) is 5.57 Å². The lowest BCUT2D eigenvalue weighted by Crippen LogP contribution is -2.26. The third-order valence-corrected chi connectivity index (χ3v) is 4.32. The van der Waals surface area contributed by atoms with E-state index in [1.807, 2.05) is 31.2 Å². The van der Waals surface area contributed by atoms with E-state index in [0.717, 1.165) is 23.0 Å². The van der Waals surface area contributed by atoms with Gasteiger partial charge in [0, 0.05) is 12.1 Å². The van der Waals surface area contributed by atoms with Crippen LogP contribution in [0.15, 0.2) is 29.2 Å². The molecule has 2 heterocycles. The Morgan fingerprint density at radius 3 is 2.68 bits per heavy atom. The second kappa shape index (κ2) is 4.47. The topological polar surface area (TPSA) is 49.4 Å². The molecule has 3 rings (SSSR count). The summed E-state index contributed by atoms with van der Waals surface area (Å²) in [4.78, 5) is 26.4. The predicted octanol–water partition coefficient (Wildman–Crippen LogP) is 1.91. The maximum absolute atomic E-state index is 12.5. The molecule has 96 valence electrons. The average molecular weight is 290 g/mol. The average Bonchev–Trinajstić information content (AvgIpc) is 2.85. The summed E-state index contributed by atoms with van der Waals surface area (Å²) in [6.45, 7) is 2.48. The van der Waals surface area contributed by atoms with Crippen LogP contribution in [0.3, 0.4) is 0 Å². The number of anilines is 1. The van der Waals surface area contributed by atoms with Crippen molar-refractivity contribution < 1.29 is 9.59 Å². The Labute approximate surface area is 119 Å². The van der Waals surface area contributed by atoms with E-state index in [1.165, 1.54) is 0 Å². The quantitative estimate of drug-likeness (QED) is 0.634. The first kappa shape index (κ1) is 12.4. The highest BCUT2D eigenvalue weighted by Crippen LogP contribution is 2.42. The fourth-order valence-corrected chi connectivity index (χ4v) is 3.41. The zero-order valence-corrected chi connectivity index (χ0v) is 11.7. The molecular formula is C13H10N2O2S2. The second-order valence-corrected chi connectivity index (χ2v) is 5.80. The van der Waals surface area contributed by atoms with Gasteiger partial charge in [-0.05, 0) is 13.0 Å². The summed E-state index contributed by atoms with van der Waals surface area (Å²) >= 11 is 6.13. The van der Waals surface area contributed by atoms with Crippen molar-refractivity contribution >= 4 is 51.4 Å². The molecule has 0 spiro atoms. The van der Waals surface area contributed by atoms with Gasteiger partial charge in [0.1, 0.15) is 4.32 Å². The minimum atomic E-state index is -0.286. The van der Waals surface area contributed by atoms with Crippen molar-refractivity contribution in [3.05, 3.63) is 34.7 Å². The molecular weight excluding hydrogens is 280 g/mol. The highest BCUT2D eigenvalue weighted by atomic mass is 32.2. The molecule has 2 aliphatic rings. The van der Waals surface area contributed by atoms with Gasteiger partial charge in [-0.15, -0.1) is 0 Å². The smallest absolute Gasteiger partial charge is 0.264 e. The van der Waals surface area contributed by atoms with Crippen LogP contribution in [0.1, 0.15) is 12.5 Å². The summed E-state index contributed by atoms with van der Waals surface area (Å²) in [7, 11) is 0. The van der Waals surface area contributed by atoms with E-state index in [1.54, 1.807) is 4.90 Å². The van der Waals surface area contributed by atoms with Gasteiger partial charge in [0.25, 0.3) is 11.8 Å². The number of benzene rings is 1. The van der Waals surface area contributed by atoms with Crippen molar-refractivity contribution in [2.45, 2.75) is 6.92 Å². The lowest BCUT2D eigenvalue weighted by Gasteiger charge is -2.13. The van der Waals surface area contributed by atoms with Gasteiger partial charge in [-0.25, -0.2) is 0 Å². The zero-order valence-electron chi connectivity index (χ0n) is 10.1. The third kappa shape index (κ3) is 1.79. The fourth-order valence-electron chi connectivity index (χ4n) is 2.29. The summed E-state index contributed by atoms with van der Waals surface area (Å²) in [5.74, 6) is -0.419. The van der Waals surface area contributed by atoms with Crippen molar-refractivity contribution in [2.75, 3.05) is 11.4 Å². The highest BCUT2D eigenvalue weighted by Gasteiger charge is 2.38. The molecule has 4 nitrogen and oxygen atoms in total. The summed E-state index contributed by atoms with van der Waals surface area (Å²) < 4.78 is 0.396. The van der Waals surface area contributed by atoms with Crippen molar-refractivity contribution in [3.63, 3.8) is 0 Å². The Hall–Kier alpha value is -1.66. The van der Waals surface area contributed by atoms with E-state index < -0.39 is 0 Å². The van der Waals surface area contributed by atoms with Crippen LogP contribution in [0, 0.1) is 0 Å². The number of nitrogens with zero attached hydrogens (tertiary/aromatic N) is 1. The van der Waals surface area contributed by atoms with Crippen LogP contribution >= 0.6 is 24.0 Å². The molecule has 0 radical (unpaired) electrons. The maximum Gasteiger partial charge on any atom is 0.264 e. The largest absolute Gasteiger partial charge is 0.308 e. The van der Waals surface area contributed by atoms with Gasteiger partial charge >= 0.3 is 0 Å². The first-order valence-corrected chi connectivity index (χ1v) is 7.04. The van der Waals surface area contributed by atoms with Gasteiger partial charge in [-0.1, -0.05) is 42.2 Å². The van der Waals surface area contributed by atoms with Crippen LogP contribution in [0.4, 0.5) is 5.69 Å². The zero-order chi connectivity index (χ0) is 13.6. The third-order valence-electron chi connectivity index (χ3n) is 3.08. The fraction of sp³-hybridized carbons (Fsp3) is 0.154. The molecule has 6 heteroatoms. The van der Waals surface area contributed by atoms with Gasteiger partial charge in [0.05, 0.1) is 16.2 Å². The Bertz CT molecular complexity index is 652. The molecule has 1 fully saturated rings. The van der Waals surface area contributed by atoms with Crippen LogP contribution in [0.5, 0.6) is 0 Å². The van der Waals surface area contributed by atoms with E-state index in [4.69, 9.17) is 12.2 Å². The minimum absolute atomic E-state index is 0.133. The maximum atomic E-state index is 12.5. The predicted molar refractivity (Wildman–Crippen MR) is 79.7 cm³/mol. The number of carbonyl (C=O) groups is 2. The number of thioether (sulfide) groups is 1. The lowest BCUT2D eigenvalue weighted by molar-refractivity contribution is -0.116. The monoisotopic (exact) mass is 290 g/mol. The van der Waals surface area contributed by atoms with Crippen molar-refractivity contribution in [1.82, 2.24) is 5.32 Å². The van der Waals surface area contributed by atoms with Crippen LogP contribution in [-0.4, -0.2) is 22.7 Å². The molecule has 0 aromatic heterocycles. The molecule has 2 amide bonds. The number of nitrogens with one attached hydrogen (secondary N) is 1. The van der Waals surface area contributed by atoms with Gasteiger partial charge in [0.2, 0.25) is 0 Å². The second-order valence-electron chi connectivity index (χ2n) is 4.11. The molecule has 1 aromatic rings. The minimum Gasteiger partial charge on any atom is -0.308 e. The standard InChI is InChI=1S/C13H10N2O2S2/c1-2-15-8-6-4-3-5-7(8)9(12(15)17)10-11(16)14-13(18)19-10/h3-6H,2H2,1H3,(H,14,16,18)/b10-9-. The number of thiocarbonyl (C=S) groups is 1. The summed E-state index contributed by atoms with van der Waals surface area (Å²) in [6.07, 6.45) is 0. The van der Waals surface area contributed by atoms with Gasteiger partial charge < -0.3 is 10.2 Å². The Balaban J connectivity index is 2.23. The molecule has 0 bridgehead atoms. The van der Waals surface area contributed by atoms with E-state index in [-0.39, 0.29) is 11.8 Å². The van der Waals surface area contributed by atoms with Crippen LogP contribution < -0.4 is 10.2 Å². The molecule has 0 aliphatic carbocycles. The number of hydrogen-bond acceptors (Lipinski definition) is 4. The SMILES string of the molecule is CCN1C(=O)/C(=C2\SC(=S)NC2=O)c2ccccc21. The molecule has 1 saturated heterocycles. The number of carbonyl (C=O) groups excluding carboxylic acids is 2. The van der Waals surface area contributed by atoms with Crippen molar-refractivity contribution in [2.24, 2.45) is 0 Å². The Morgan fingerprint density at radius 1 is 1.32 bits per heavy atom. The first-order chi connectivity index (χ1) is 9.13. The Kier molecular flexibility index (Phi) is 2.91. The molecule has 1 aromatic carbocycles. The van der Waals surface area contributed by atoms with Gasteiger partial charge in [-0.3, -0.25) is 9.59 Å². The number of fused-ring (bicyclic) bond motifs is 1. The number of likely N-dealkylation sites (N-methyl/N-ethyl adjacent to an activating group) is 1. The summed E-state index contributed by atoms with van der Waals surface area (Å²) in [5, 5.41) is 2.55. The molecule has 0 saturated carbocycles. The van der Waals surface area contributed by atoms with Crippen LogP contribution in [-0.2, 0) is 9.59 Å². The molecule has 0 unspecified atom stereocenters. The lowest BCUT2D eigenvalue weighted by atomic mass is 10.1. The number of rotatable bonds is 1. The molecule has 19 heavy (non-hydrogen) atoms. The van der Waals surface area contributed by atoms with E-state index >= 15 is 0 Å². The summed E-state index contributed by atoms with van der Waals surface area (Å²) in [5.41, 5.74) is 2.11. The van der Waals surface area contributed by atoms with E-state index in [2.05, 4.69) is 5.32 Å². The number of hydrogen-bond donors (Lipinski definition) is 1. The molecule has 0 atom stereocenters. The first-order valence-electron chi connectivity index (χ1n) is 5.82. The van der Waals surface area contributed by atoms with Gasteiger partial charge in [-0.2, -0.15) is 0 Å². The van der Waals surface area contributed by atoms with Gasteiger partial charge in [0.15, 0.2) is 0 Å². The summed E-state index contributed by atoms with van der Waals surface area (Å²) in [6, 6.07) is 7.50. The van der Waals surface area contributed by atoms with E-state index in [0.29, 0.717) is 21.3 Å². The van der Waals surface area contributed by atoms with Crippen molar-refractivity contribution in [3.8, 4) is 0 Å². The normalized spacial score (nSPS) is 21.9. The van der Waals surface area contributed by atoms with Crippen LogP contribution in [0.2, 0.25) is 0 Å². The molecule has 1 N–H and O–H groups in total. The van der Waals surface area contributed by atoms with Crippen molar-refractivity contribution in [1.29, 1.82) is 0 Å². The molecule has 2 aliphatic heterocycles. The number of para-hydroxylation sites is 1. The number of amides is 2. The van der Waals surface area contributed by atoms with E-state index in [9.17, 15) is 9.59 Å². The highest BCUT2D eigenvalue weighted by molar-refractivity contribution is 8.27.